The highest BCUT2D eigenvalue weighted by Crippen LogP contribution is 2.37. The number of carboxylic acids is 1. The highest BCUT2D eigenvalue weighted by atomic mass is 16.4. The smallest absolute Gasteiger partial charge is 0.303 e. The van der Waals surface area contributed by atoms with E-state index in [0.717, 1.165) is 12.8 Å². The van der Waals surface area contributed by atoms with Crippen LogP contribution in [0.3, 0.4) is 0 Å². The number of carboxylic acid groups (broad SMARTS) is 1. The molecule has 2 aliphatic carbocycles. The van der Waals surface area contributed by atoms with Crippen LogP contribution in [0.4, 0.5) is 0 Å². The Morgan fingerprint density at radius 2 is 1.81 bits per heavy atom. The molecule has 2 fully saturated rings. The Bertz CT molecular complexity index is 481. The van der Waals surface area contributed by atoms with Gasteiger partial charge in [-0.15, -0.1) is 0 Å². The van der Waals surface area contributed by atoms with Crippen LogP contribution in [0.25, 0.3) is 0 Å². The van der Waals surface area contributed by atoms with E-state index in [1.165, 1.54) is 19.3 Å². The fraction of sp³-hybridized carbons (Fsp3) is 0.762. The molecule has 0 aliphatic heterocycles. The van der Waals surface area contributed by atoms with Gasteiger partial charge in [0.25, 0.3) is 0 Å². The summed E-state index contributed by atoms with van der Waals surface area (Å²) >= 11 is 0. The Morgan fingerprint density at radius 3 is 2.50 bits per heavy atom. The summed E-state index contributed by atoms with van der Waals surface area (Å²) in [4.78, 5) is 10.5. The van der Waals surface area contributed by atoms with Crippen LogP contribution in [0.5, 0.6) is 0 Å². The van der Waals surface area contributed by atoms with E-state index < -0.39 is 24.3 Å². The van der Waals surface area contributed by atoms with Crippen molar-refractivity contribution >= 4 is 5.97 Å². The number of hydrogen-bond acceptors (Lipinski definition) is 4. The van der Waals surface area contributed by atoms with Gasteiger partial charge >= 0.3 is 5.97 Å². The standard InChI is InChI=1S/C21H34O5/c22-18(15-8-4-3-5-9-15)13-12-17-16(19(23)14-20(17)24)10-6-1-2-7-11-21(25)26/h1,6,12-13,15-20,22-24H,2-5,7-11,14H2,(H,25,26)/b6-1+,13-12+. The molecule has 0 aromatic heterocycles. The maximum Gasteiger partial charge on any atom is 0.303 e. The van der Waals surface area contributed by atoms with Crippen molar-refractivity contribution in [2.75, 3.05) is 0 Å². The first-order chi connectivity index (χ1) is 12.5. The van der Waals surface area contributed by atoms with Crippen LogP contribution in [0.2, 0.25) is 0 Å². The van der Waals surface area contributed by atoms with Gasteiger partial charge in [-0.25, -0.2) is 0 Å². The van der Waals surface area contributed by atoms with Crippen molar-refractivity contribution in [1.29, 1.82) is 0 Å². The second kappa shape index (κ2) is 10.9. The fourth-order valence-electron chi connectivity index (χ4n) is 4.32. The molecular formula is C21H34O5. The molecule has 0 radical (unpaired) electrons. The molecule has 5 unspecified atom stereocenters. The minimum absolute atomic E-state index is 0.0597. The fourth-order valence-corrected chi connectivity index (χ4v) is 4.32. The topological polar surface area (TPSA) is 98.0 Å². The van der Waals surface area contributed by atoms with Gasteiger partial charge in [0.15, 0.2) is 0 Å². The van der Waals surface area contributed by atoms with E-state index in [2.05, 4.69) is 0 Å². The Labute approximate surface area is 156 Å². The summed E-state index contributed by atoms with van der Waals surface area (Å²) in [5.41, 5.74) is 0. The van der Waals surface area contributed by atoms with Crippen LogP contribution in [0, 0.1) is 17.8 Å². The van der Waals surface area contributed by atoms with Crippen molar-refractivity contribution in [3.8, 4) is 0 Å². The van der Waals surface area contributed by atoms with Gasteiger partial charge in [-0.1, -0.05) is 43.6 Å². The van der Waals surface area contributed by atoms with Gasteiger partial charge in [0.1, 0.15) is 0 Å². The summed E-state index contributed by atoms with van der Waals surface area (Å²) in [7, 11) is 0. The SMILES string of the molecule is O=C(O)CCC/C=C/CC1C(O)CC(O)C1/C=C/C(O)C1CCCCC1. The van der Waals surface area contributed by atoms with Crippen molar-refractivity contribution < 1.29 is 25.2 Å². The number of aliphatic hydroxyl groups excluding tert-OH is 3. The van der Waals surface area contributed by atoms with Crippen molar-refractivity contribution in [3.63, 3.8) is 0 Å². The Balaban J connectivity index is 1.84. The monoisotopic (exact) mass is 366 g/mol. The molecular weight excluding hydrogens is 332 g/mol. The maximum absolute atomic E-state index is 10.5. The van der Waals surface area contributed by atoms with Crippen molar-refractivity contribution in [2.24, 2.45) is 17.8 Å². The van der Waals surface area contributed by atoms with Crippen molar-refractivity contribution in [3.05, 3.63) is 24.3 Å². The third-order valence-corrected chi connectivity index (χ3v) is 5.92. The zero-order chi connectivity index (χ0) is 18.9. The molecule has 5 nitrogen and oxygen atoms in total. The lowest BCUT2D eigenvalue weighted by Gasteiger charge is -2.25. The first kappa shape index (κ1) is 21.1. The molecule has 26 heavy (non-hydrogen) atoms. The number of allylic oxidation sites excluding steroid dienone is 2. The Kier molecular flexibility index (Phi) is 8.82. The minimum atomic E-state index is -0.783. The van der Waals surface area contributed by atoms with Crippen LogP contribution < -0.4 is 0 Å². The molecule has 0 heterocycles. The lowest BCUT2D eigenvalue weighted by atomic mass is 9.84. The Hall–Kier alpha value is -1.17. The second-order valence-electron chi connectivity index (χ2n) is 7.88. The molecule has 5 atom stereocenters. The largest absolute Gasteiger partial charge is 0.481 e. The zero-order valence-corrected chi connectivity index (χ0v) is 15.5. The highest BCUT2D eigenvalue weighted by molar-refractivity contribution is 5.66. The van der Waals surface area contributed by atoms with E-state index in [9.17, 15) is 20.1 Å². The molecule has 5 heteroatoms. The van der Waals surface area contributed by atoms with Gasteiger partial charge in [-0.2, -0.15) is 0 Å². The van der Waals surface area contributed by atoms with Gasteiger partial charge < -0.3 is 20.4 Å². The van der Waals surface area contributed by atoms with Crippen LogP contribution in [0.15, 0.2) is 24.3 Å². The van der Waals surface area contributed by atoms with E-state index in [1.807, 2.05) is 24.3 Å². The van der Waals surface area contributed by atoms with E-state index in [0.29, 0.717) is 31.6 Å². The van der Waals surface area contributed by atoms with E-state index in [1.54, 1.807) is 0 Å². The van der Waals surface area contributed by atoms with Crippen molar-refractivity contribution in [2.45, 2.75) is 82.5 Å². The molecule has 4 N–H and O–H groups in total. The summed E-state index contributed by atoms with van der Waals surface area (Å²) in [6.45, 7) is 0. The van der Waals surface area contributed by atoms with Gasteiger partial charge in [0, 0.05) is 18.8 Å². The number of rotatable bonds is 9. The maximum atomic E-state index is 10.5. The molecule has 148 valence electrons. The molecule has 0 aromatic carbocycles. The number of aliphatic carboxylic acids is 1. The predicted octanol–water partition coefficient (Wildman–Crippen LogP) is 3.04. The minimum Gasteiger partial charge on any atom is -0.481 e. The lowest BCUT2D eigenvalue weighted by molar-refractivity contribution is -0.137. The summed E-state index contributed by atoms with van der Waals surface area (Å²) in [5, 5.41) is 39.5. The molecule has 0 amide bonds. The predicted molar refractivity (Wildman–Crippen MR) is 101 cm³/mol. The van der Waals surface area contributed by atoms with E-state index in [-0.39, 0.29) is 18.3 Å². The molecule has 0 aromatic rings. The normalized spacial score (nSPS) is 31.8. The Morgan fingerprint density at radius 1 is 1.08 bits per heavy atom. The van der Waals surface area contributed by atoms with Crippen LogP contribution in [-0.2, 0) is 4.79 Å². The first-order valence-electron chi connectivity index (χ1n) is 10.1. The van der Waals surface area contributed by atoms with Crippen LogP contribution in [0.1, 0.15) is 64.2 Å². The first-order valence-corrected chi connectivity index (χ1v) is 10.1. The lowest BCUT2D eigenvalue weighted by Crippen LogP contribution is -2.23. The van der Waals surface area contributed by atoms with Crippen LogP contribution >= 0.6 is 0 Å². The average molecular weight is 366 g/mol. The molecule has 0 saturated heterocycles. The van der Waals surface area contributed by atoms with Gasteiger partial charge in [0.05, 0.1) is 18.3 Å². The quantitative estimate of drug-likeness (QED) is 0.371. The number of hydrogen-bond donors (Lipinski definition) is 4. The third kappa shape index (κ3) is 6.53. The molecule has 2 rings (SSSR count). The number of aliphatic hydroxyl groups is 3. The summed E-state index contributed by atoms with van der Waals surface area (Å²) in [6.07, 6.45) is 14.3. The summed E-state index contributed by atoms with van der Waals surface area (Å²) in [5.74, 6) is -0.673. The molecule has 2 aliphatic rings. The highest BCUT2D eigenvalue weighted by Gasteiger charge is 2.39. The van der Waals surface area contributed by atoms with Gasteiger partial charge in [0.2, 0.25) is 0 Å². The van der Waals surface area contributed by atoms with E-state index >= 15 is 0 Å². The summed E-state index contributed by atoms with van der Waals surface area (Å²) in [6, 6.07) is 0. The van der Waals surface area contributed by atoms with E-state index in [4.69, 9.17) is 5.11 Å². The molecule has 0 spiro atoms. The second-order valence-corrected chi connectivity index (χ2v) is 7.88. The molecule has 0 bridgehead atoms. The number of unbranched alkanes of at least 4 members (excludes halogenated alkanes) is 1. The number of carbonyl (C=O) groups is 1. The van der Waals surface area contributed by atoms with Gasteiger partial charge in [-0.05, 0) is 43.9 Å². The summed E-state index contributed by atoms with van der Waals surface area (Å²) < 4.78 is 0. The van der Waals surface area contributed by atoms with Crippen LogP contribution in [-0.4, -0.2) is 44.7 Å². The average Bonchev–Trinajstić information content (AvgIpc) is 2.89. The van der Waals surface area contributed by atoms with Crippen molar-refractivity contribution in [1.82, 2.24) is 0 Å². The molecule has 2 saturated carbocycles. The third-order valence-electron chi connectivity index (χ3n) is 5.92. The zero-order valence-electron chi connectivity index (χ0n) is 15.5. The van der Waals surface area contributed by atoms with Gasteiger partial charge in [-0.3, -0.25) is 4.79 Å².